The smallest absolute Gasteiger partial charge is 0.303 e. The van der Waals surface area contributed by atoms with E-state index in [4.69, 9.17) is 9.84 Å². The van der Waals surface area contributed by atoms with Gasteiger partial charge in [-0.3, -0.25) is 9.59 Å². The van der Waals surface area contributed by atoms with E-state index in [-0.39, 0.29) is 17.7 Å². The van der Waals surface area contributed by atoms with Gasteiger partial charge in [-0.15, -0.1) is 0 Å². The molecule has 0 saturated heterocycles. The molecule has 2 rings (SSSR count). The number of carboxylic acid groups (broad SMARTS) is 1. The zero-order chi connectivity index (χ0) is 16.0. The van der Waals surface area contributed by atoms with Crippen molar-refractivity contribution in [2.24, 2.45) is 0 Å². The highest BCUT2D eigenvalue weighted by molar-refractivity contribution is 5.76. The first-order valence-corrected chi connectivity index (χ1v) is 7.69. The Balaban J connectivity index is 1.81. The summed E-state index contributed by atoms with van der Waals surface area (Å²) in [6, 6.07) is 7.94. The standard InChI is InChI=1S/C17H23NO4/c1-22-14-7-3-2-6-13(14)17(10-11-17)12-18-15(19)8-4-5-9-16(20)21/h2-3,6-7H,4-5,8-12H2,1H3,(H,18,19)(H,20,21). The lowest BCUT2D eigenvalue weighted by atomic mass is 9.95. The van der Waals surface area contributed by atoms with E-state index in [9.17, 15) is 9.59 Å². The van der Waals surface area contributed by atoms with Gasteiger partial charge >= 0.3 is 5.97 Å². The third-order valence-corrected chi connectivity index (χ3v) is 4.20. The molecule has 5 heteroatoms. The summed E-state index contributed by atoms with van der Waals surface area (Å²) in [5.74, 6) is 0.0517. The number of para-hydroxylation sites is 1. The molecule has 0 unspecified atom stereocenters. The molecule has 0 spiro atoms. The zero-order valence-corrected chi connectivity index (χ0v) is 12.9. The normalized spacial score (nSPS) is 15.1. The van der Waals surface area contributed by atoms with E-state index in [1.165, 1.54) is 0 Å². The number of hydrogen-bond donors (Lipinski definition) is 2. The predicted molar refractivity (Wildman–Crippen MR) is 83.0 cm³/mol. The number of benzene rings is 1. The van der Waals surface area contributed by atoms with E-state index in [1.54, 1.807) is 7.11 Å². The molecule has 22 heavy (non-hydrogen) atoms. The molecule has 5 nitrogen and oxygen atoms in total. The molecule has 1 amide bonds. The monoisotopic (exact) mass is 305 g/mol. The molecular formula is C17H23NO4. The first kappa shape index (κ1) is 16.3. The van der Waals surface area contributed by atoms with Crippen LogP contribution in [0.25, 0.3) is 0 Å². The van der Waals surface area contributed by atoms with Crippen LogP contribution in [0.2, 0.25) is 0 Å². The van der Waals surface area contributed by atoms with Gasteiger partial charge < -0.3 is 15.2 Å². The minimum atomic E-state index is -0.812. The fraction of sp³-hybridized carbons (Fsp3) is 0.529. The van der Waals surface area contributed by atoms with Gasteiger partial charge in [0.15, 0.2) is 0 Å². The Bertz CT molecular complexity index is 537. The Kier molecular flexibility index (Phi) is 5.41. The first-order valence-electron chi connectivity index (χ1n) is 7.69. The van der Waals surface area contributed by atoms with Crippen LogP contribution in [0.3, 0.4) is 0 Å². The number of unbranched alkanes of at least 4 members (excludes halogenated alkanes) is 1. The molecular weight excluding hydrogens is 282 g/mol. The van der Waals surface area contributed by atoms with Crippen molar-refractivity contribution < 1.29 is 19.4 Å². The molecule has 0 aliphatic heterocycles. The van der Waals surface area contributed by atoms with Gasteiger partial charge in [0.25, 0.3) is 0 Å². The maximum atomic E-state index is 11.9. The number of aliphatic carboxylic acids is 1. The molecule has 0 aromatic heterocycles. The van der Waals surface area contributed by atoms with Crippen LogP contribution in [-0.4, -0.2) is 30.6 Å². The summed E-state index contributed by atoms with van der Waals surface area (Å²) in [6.45, 7) is 0.616. The second kappa shape index (κ2) is 7.29. The van der Waals surface area contributed by atoms with Crippen molar-refractivity contribution in [1.29, 1.82) is 0 Å². The minimum absolute atomic E-state index is 0.00330. The van der Waals surface area contributed by atoms with Crippen molar-refractivity contribution in [3.63, 3.8) is 0 Å². The minimum Gasteiger partial charge on any atom is -0.496 e. The fourth-order valence-electron chi connectivity index (χ4n) is 2.69. The highest BCUT2D eigenvalue weighted by atomic mass is 16.5. The van der Waals surface area contributed by atoms with Gasteiger partial charge in [-0.05, 0) is 31.7 Å². The number of carboxylic acids is 1. The first-order chi connectivity index (χ1) is 10.6. The summed E-state index contributed by atoms with van der Waals surface area (Å²) in [5, 5.41) is 11.5. The van der Waals surface area contributed by atoms with Crippen LogP contribution in [0.5, 0.6) is 5.75 Å². The Labute approximate surface area is 130 Å². The number of carbonyl (C=O) groups is 2. The van der Waals surface area contributed by atoms with E-state index in [0.29, 0.717) is 25.8 Å². The third kappa shape index (κ3) is 4.23. The summed E-state index contributed by atoms with van der Waals surface area (Å²) in [6.07, 6.45) is 3.76. The van der Waals surface area contributed by atoms with Gasteiger partial charge in [0.2, 0.25) is 5.91 Å². The number of nitrogens with one attached hydrogen (secondary N) is 1. The topological polar surface area (TPSA) is 75.6 Å². The lowest BCUT2D eigenvalue weighted by molar-refractivity contribution is -0.137. The maximum absolute atomic E-state index is 11.9. The van der Waals surface area contributed by atoms with E-state index in [0.717, 1.165) is 24.2 Å². The molecule has 1 aliphatic rings. The molecule has 1 fully saturated rings. The van der Waals surface area contributed by atoms with Gasteiger partial charge in [-0.25, -0.2) is 0 Å². The van der Waals surface area contributed by atoms with Crippen LogP contribution in [0, 0.1) is 0 Å². The Morgan fingerprint density at radius 2 is 1.91 bits per heavy atom. The quantitative estimate of drug-likeness (QED) is 0.687. The highest BCUT2D eigenvalue weighted by Gasteiger charge is 2.46. The van der Waals surface area contributed by atoms with Gasteiger partial charge in [0.1, 0.15) is 5.75 Å². The maximum Gasteiger partial charge on any atom is 0.303 e. The van der Waals surface area contributed by atoms with Gasteiger partial charge in [-0.1, -0.05) is 18.2 Å². The highest BCUT2D eigenvalue weighted by Crippen LogP contribution is 2.50. The number of carbonyl (C=O) groups excluding carboxylic acids is 1. The van der Waals surface area contributed by atoms with E-state index >= 15 is 0 Å². The van der Waals surface area contributed by atoms with Gasteiger partial charge in [-0.2, -0.15) is 0 Å². The largest absolute Gasteiger partial charge is 0.496 e. The van der Waals surface area contributed by atoms with E-state index < -0.39 is 5.97 Å². The molecule has 1 saturated carbocycles. The lowest BCUT2D eigenvalue weighted by Crippen LogP contribution is -2.32. The molecule has 1 aromatic rings. The number of ether oxygens (including phenoxy) is 1. The Morgan fingerprint density at radius 1 is 1.23 bits per heavy atom. The summed E-state index contributed by atoms with van der Waals surface area (Å²) in [4.78, 5) is 22.3. The van der Waals surface area contributed by atoms with Crippen molar-refractivity contribution >= 4 is 11.9 Å². The molecule has 2 N–H and O–H groups in total. The summed E-state index contributed by atoms with van der Waals surface area (Å²) in [7, 11) is 1.66. The Morgan fingerprint density at radius 3 is 2.55 bits per heavy atom. The molecule has 120 valence electrons. The summed E-state index contributed by atoms with van der Waals surface area (Å²) in [5.41, 5.74) is 1.16. The molecule has 0 radical (unpaired) electrons. The van der Waals surface area contributed by atoms with Crippen molar-refractivity contribution in [2.45, 2.75) is 43.9 Å². The fourth-order valence-corrected chi connectivity index (χ4v) is 2.69. The van der Waals surface area contributed by atoms with Crippen LogP contribution < -0.4 is 10.1 Å². The van der Waals surface area contributed by atoms with Crippen molar-refractivity contribution in [2.75, 3.05) is 13.7 Å². The second-order valence-electron chi connectivity index (χ2n) is 5.86. The predicted octanol–water partition coefficient (Wildman–Crippen LogP) is 2.49. The number of hydrogen-bond acceptors (Lipinski definition) is 3. The molecule has 1 aliphatic carbocycles. The van der Waals surface area contributed by atoms with Gasteiger partial charge in [0.05, 0.1) is 7.11 Å². The Hall–Kier alpha value is -2.04. The van der Waals surface area contributed by atoms with Crippen LogP contribution in [0.15, 0.2) is 24.3 Å². The van der Waals surface area contributed by atoms with Gasteiger partial charge in [0, 0.05) is 30.4 Å². The van der Waals surface area contributed by atoms with Crippen molar-refractivity contribution in [3.8, 4) is 5.75 Å². The summed E-state index contributed by atoms with van der Waals surface area (Å²) < 4.78 is 5.41. The molecule has 0 bridgehead atoms. The lowest BCUT2D eigenvalue weighted by Gasteiger charge is -2.19. The SMILES string of the molecule is COc1ccccc1C1(CNC(=O)CCCCC(=O)O)CC1. The van der Waals surface area contributed by atoms with Crippen LogP contribution in [0.4, 0.5) is 0 Å². The van der Waals surface area contributed by atoms with E-state index in [2.05, 4.69) is 11.4 Å². The number of rotatable bonds is 9. The number of amides is 1. The molecule has 0 heterocycles. The third-order valence-electron chi connectivity index (χ3n) is 4.20. The average molecular weight is 305 g/mol. The molecule has 1 aromatic carbocycles. The van der Waals surface area contributed by atoms with Crippen LogP contribution >= 0.6 is 0 Å². The van der Waals surface area contributed by atoms with E-state index in [1.807, 2.05) is 18.2 Å². The second-order valence-corrected chi connectivity index (χ2v) is 5.86. The average Bonchev–Trinajstić information content (AvgIpc) is 3.30. The number of methoxy groups -OCH3 is 1. The van der Waals surface area contributed by atoms with Crippen molar-refractivity contribution in [1.82, 2.24) is 5.32 Å². The zero-order valence-electron chi connectivity index (χ0n) is 12.9. The molecule has 0 atom stereocenters. The van der Waals surface area contributed by atoms with Crippen molar-refractivity contribution in [3.05, 3.63) is 29.8 Å². The summed E-state index contributed by atoms with van der Waals surface area (Å²) >= 11 is 0. The van der Waals surface area contributed by atoms with Crippen LogP contribution in [0.1, 0.15) is 44.1 Å². The van der Waals surface area contributed by atoms with Crippen LogP contribution in [-0.2, 0) is 15.0 Å².